The van der Waals surface area contributed by atoms with Gasteiger partial charge in [-0.05, 0) is 44.4 Å². The first-order valence-corrected chi connectivity index (χ1v) is 6.70. The summed E-state index contributed by atoms with van der Waals surface area (Å²) < 4.78 is 5.61. The number of aryl methyl sites for hydroxylation is 1. The molecule has 0 atom stereocenters. The fourth-order valence-corrected chi connectivity index (χ4v) is 2.51. The van der Waals surface area contributed by atoms with Gasteiger partial charge in [-0.3, -0.25) is 5.10 Å². The molecule has 102 valence electrons. The van der Waals surface area contributed by atoms with Crippen molar-refractivity contribution in [1.82, 2.24) is 15.5 Å². The summed E-state index contributed by atoms with van der Waals surface area (Å²) in [6, 6.07) is 3.90. The second-order valence-corrected chi connectivity index (χ2v) is 5.30. The molecule has 1 fully saturated rings. The maximum Gasteiger partial charge on any atom is 0.152 e. The summed E-state index contributed by atoms with van der Waals surface area (Å²) >= 11 is 0. The van der Waals surface area contributed by atoms with Crippen LogP contribution >= 0.6 is 0 Å². The second-order valence-electron chi connectivity index (χ2n) is 5.30. The van der Waals surface area contributed by atoms with Crippen LogP contribution in [0, 0.1) is 12.8 Å². The van der Waals surface area contributed by atoms with E-state index in [1.807, 2.05) is 25.3 Å². The summed E-state index contributed by atoms with van der Waals surface area (Å²) in [6.07, 6.45) is 3.59. The van der Waals surface area contributed by atoms with Crippen LogP contribution in [0.5, 0.6) is 0 Å². The number of rotatable bonds is 5. The van der Waals surface area contributed by atoms with Gasteiger partial charge in [-0.15, -0.1) is 0 Å². The predicted octanol–water partition coefficient (Wildman–Crippen LogP) is 1.84. The van der Waals surface area contributed by atoms with Crippen molar-refractivity contribution in [1.29, 1.82) is 0 Å². The molecule has 5 nitrogen and oxygen atoms in total. The number of H-pyrrole nitrogens is 1. The van der Waals surface area contributed by atoms with Crippen molar-refractivity contribution in [3.8, 4) is 11.5 Å². The molecular formula is C14H19N3O2. The number of aliphatic hydroxyl groups is 1. The molecule has 2 aromatic rings. The van der Waals surface area contributed by atoms with Gasteiger partial charge in [0.1, 0.15) is 11.5 Å². The molecule has 0 saturated heterocycles. The normalized spacial score (nSPS) is 22.4. The van der Waals surface area contributed by atoms with Crippen LogP contribution in [0.4, 0.5) is 0 Å². The summed E-state index contributed by atoms with van der Waals surface area (Å²) in [7, 11) is 0. The van der Waals surface area contributed by atoms with E-state index in [2.05, 4.69) is 15.5 Å². The van der Waals surface area contributed by atoms with Crippen molar-refractivity contribution in [3.63, 3.8) is 0 Å². The molecule has 3 N–H and O–H groups in total. The Hall–Kier alpha value is -1.59. The first-order chi connectivity index (χ1) is 9.22. The van der Waals surface area contributed by atoms with Gasteiger partial charge >= 0.3 is 0 Å². The number of nitrogens with one attached hydrogen (secondary N) is 2. The summed E-state index contributed by atoms with van der Waals surface area (Å²) in [4.78, 5) is 0. The lowest BCUT2D eigenvalue weighted by molar-refractivity contribution is 0.0430. The highest BCUT2D eigenvalue weighted by Crippen LogP contribution is 2.27. The van der Waals surface area contributed by atoms with E-state index in [1.165, 1.54) is 0 Å². The molecule has 1 aliphatic carbocycles. The van der Waals surface area contributed by atoms with Crippen molar-refractivity contribution < 1.29 is 9.52 Å². The standard InChI is InChI=1S/C14H19N3O2/c1-9-2-3-13(19-9)14-11(8-16-17-14)7-15-6-10-4-12(18)5-10/h2-3,8,10,12,15,18H,4-7H2,1H3,(H,16,17). The minimum absolute atomic E-state index is 0.0811. The Bertz CT molecular complexity index is 540. The summed E-state index contributed by atoms with van der Waals surface area (Å²) in [5.41, 5.74) is 2.04. The van der Waals surface area contributed by atoms with Gasteiger partial charge in [0, 0.05) is 12.1 Å². The van der Waals surface area contributed by atoms with E-state index < -0.39 is 0 Å². The van der Waals surface area contributed by atoms with Gasteiger partial charge in [-0.1, -0.05) is 0 Å². The molecule has 1 saturated carbocycles. The van der Waals surface area contributed by atoms with E-state index in [0.29, 0.717) is 5.92 Å². The smallest absolute Gasteiger partial charge is 0.152 e. The zero-order chi connectivity index (χ0) is 13.2. The van der Waals surface area contributed by atoms with Crippen molar-refractivity contribution >= 4 is 0 Å². The van der Waals surface area contributed by atoms with Crippen molar-refractivity contribution in [2.24, 2.45) is 5.92 Å². The lowest BCUT2D eigenvalue weighted by Crippen LogP contribution is -2.35. The largest absolute Gasteiger partial charge is 0.460 e. The first-order valence-electron chi connectivity index (χ1n) is 6.70. The van der Waals surface area contributed by atoms with Crippen molar-refractivity contribution in [3.05, 3.63) is 29.7 Å². The van der Waals surface area contributed by atoms with Gasteiger partial charge in [0.05, 0.1) is 12.3 Å². The molecule has 0 radical (unpaired) electrons. The molecule has 19 heavy (non-hydrogen) atoms. The van der Waals surface area contributed by atoms with Crippen LogP contribution in [-0.2, 0) is 6.54 Å². The number of hydrogen-bond acceptors (Lipinski definition) is 4. The Balaban J connectivity index is 1.58. The Morgan fingerprint density at radius 2 is 2.32 bits per heavy atom. The average Bonchev–Trinajstić information content (AvgIpc) is 2.95. The molecule has 0 unspecified atom stereocenters. The SMILES string of the molecule is Cc1ccc(-c2[nH]ncc2CNCC2CC(O)C2)o1. The number of furan rings is 1. The number of hydrogen-bond donors (Lipinski definition) is 3. The monoisotopic (exact) mass is 261 g/mol. The van der Waals surface area contributed by atoms with Gasteiger partial charge in [0.25, 0.3) is 0 Å². The highest BCUT2D eigenvalue weighted by atomic mass is 16.3. The molecular weight excluding hydrogens is 242 g/mol. The third kappa shape index (κ3) is 2.72. The van der Waals surface area contributed by atoms with Gasteiger partial charge in [-0.25, -0.2) is 0 Å². The molecule has 3 rings (SSSR count). The maximum atomic E-state index is 9.24. The molecule has 2 heterocycles. The highest BCUT2D eigenvalue weighted by Gasteiger charge is 2.26. The maximum absolute atomic E-state index is 9.24. The van der Waals surface area contributed by atoms with E-state index in [0.717, 1.165) is 48.7 Å². The zero-order valence-corrected chi connectivity index (χ0v) is 11.0. The number of aromatic nitrogens is 2. The third-order valence-electron chi connectivity index (χ3n) is 3.66. The predicted molar refractivity (Wildman–Crippen MR) is 71.5 cm³/mol. The van der Waals surface area contributed by atoms with E-state index in [4.69, 9.17) is 4.42 Å². The van der Waals surface area contributed by atoms with Crippen LogP contribution in [0.25, 0.3) is 11.5 Å². The van der Waals surface area contributed by atoms with E-state index in [1.54, 1.807) is 0 Å². The lowest BCUT2D eigenvalue weighted by atomic mass is 9.82. The quantitative estimate of drug-likeness (QED) is 0.767. The molecule has 0 aromatic carbocycles. The molecule has 1 aliphatic rings. The Morgan fingerprint density at radius 1 is 1.47 bits per heavy atom. The summed E-state index contributed by atoms with van der Waals surface area (Å²) in [6.45, 7) is 3.64. The molecule has 0 bridgehead atoms. The van der Waals surface area contributed by atoms with Crippen LogP contribution in [0.1, 0.15) is 24.2 Å². The Labute approximate surface area is 112 Å². The van der Waals surface area contributed by atoms with E-state index in [9.17, 15) is 5.11 Å². The zero-order valence-electron chi connectivity index (χ0n) is 11.0. The van der Waals surface area contributed by atoms with Gasteiger partial charge in [0.2, 0.25) is 0 Å². The topological polar surface area (TPSA) is 74.1 Å². The fourth-order valence-electron chi connectivity index (χ4n) is 2.51. The van der Waals surface area contributed by atoms with Crippen LogP contribution in [-0.4, -0.2) is 28.0 Å². The molecule has 5 heteroatoms. The lowest BCUT2D eigenvalue weighted by Gasteiger charge is -2.31. The number of aliphatic hydroxyl groups excluding tert-OH is 1. The highest BCUT2D eigenvalue weighted by molar-refractivity contribution is 5.56. The third-order valence-corrected chi connectivity index (χ3v) is 3.66. The molecule has 0 amide bonds. The molecule has 0 aliphatic heterocycles. The molecule has 2 aromatic heterocycles. The van der Waals surface area contributed by atoms with Crippen LogP contribution < -0.4 is 5.32 Å². The van der Waals surface area contributed by atoms with Crippen molar-refractivity contribution in [2.75, 3.05) is 6.54 Å². The van der Waals surface area contributed by atoms with E-state index in [-0.39, 0.29) is 6.10 Å². The summed E-state index contributed by atoms with van der Waals surface area (Å²) in [5, 5.41) is 19.7. The molecule has 0 spiro atoms. The van der Waals surface area contributed by atoms with Crippen LogP contribution in [0.15, 0.2) is 22.7 Å². The fraction of sp³-hybridized carbons (Fsp3) is 0.500. The first kappa shape index (κ1) is 12.4. The van der Waals surface area contributed by atoms with Gasteiger partial charge in [-0.2, -0.15) is 5.10 Å². The van der Waals surface area contributed by atoms with Gasteiger partial charge < -0.3 is 14.8 Å². The average molecular weight is 261 g/mol. The minimum atomic E-state index is -0.0811. The number of nitrogens with zero attached hydrogens (tertiary/aromatic N) is 1. The van der Waals surface area contributed by atoms with Crippen molar-refractivity contribution in [2.45, 2.75) is 32.4 Å². The Morgan fingerprint density at radius 3 is 3.00 bits per heavy atom. The van der Waals surface area contributed by atoms with E-state index >= 15 is 0 Å². The van der Waals surface area contributed by atoms with Crippen LogP contribution in [0.3, 0.4) is 0 Å². The second kappa shape index (κ2) is 5.19. The Kier molecular flexibility index (Phi) is 3.40. The minimum Gasteiger partial charge on any atom is -0.460 e. The van der Waals surface area contributed by atoms with Crippen LogP contribution in [0.2, 0.25) is 0 Å². The summed E-state index contributed by atoms with van der Waals surface area (Å²) in [5.74, 6) is 2.33. The van der Waals surface area contributed by atoms with Gasteiger partial charge in [0.15, 0.2) is 5.76 Å². The number of aromatic amines is 1.